The molecule has 5 nitrogen and oxygen atoms in total. The number of halogens is 1. The minimum absolute atomic E-state index is 0.0757. The first-order valence-electron chi connectivity index (χ1n) is 5.89. The van der Waals surface area contributed by atoms with Crippen molar-refractivity contribution in [3.8, 4) is 5.75 Å². The quantitative estimate of drug-likeness (QED) is 0.911. The summed E-state index contributed by atoms with van der Waals surface area (Å²) in [5.74, 6) is -0.481. The number of benzene rings is 1. The number of carbonyl (C=O) groups excluding carboxylic acids is 1. The van der Waals surface area contributed by atoms with Gasteiger partial charge in [0.15, 0.2) is 6.10 Å². The van der Waals surface area contributed by atoms with E-state index in [1.54, 1.807) is 25.2 Å². The van der Waals surface area contributed by atoms with E-state index in [1.807, 2.05) is 0 Å². The maximum absolute atomic E-state index is 12.1. The second-order valence-corrected chi connectivity index (χ2v) is 4.90. The van der Waals surface area contributed by atoms with Crippen molar-refractivity contribution in [2.24, 2.45) is 0 Å². The van der Waals surface area contributed by atoms with Gasteiger partial charge in [-0.05, 0) is 23.8 Å². The van der Waals surface area contributed by atoms with Gasteiger partial charge >= 0.3 is 5.97 Å². The summed E-state index contributed by atoms with van der Waals surface area (Å²) >= 11 is 5.88. The molecule has 1 atom stereocenters. The van der Waals surface area contributed by atoms with Gasteiger partial charge in [0.2, 0.25) is 0 Å². The number of carbonyl (C=O) groups is 2. The van der Waals surface area contributed by atoms with Crippen molar-refractivity contribution in [3.05, 3.63) is 28.8 Å². The van der Waals surface area contributed by atoms with Gasteiger partial charge < -0.3 is 14.7 Å². The van der Waals surface area contributed by atoms with Crippen LogP contribution in [0.1, 0.15) is 12.0 Å². The van der Waals surface area contributed by atoms with E-state index in [2.05, 4.69) is 0 Å². The van der Waals surface area contributed by atoms with Gasteiger partial charge in [0.1, 0.15) is 5.75 Å². The average Bonchev–Trinajstić information content (AvgIpc) is 2.77. The van der Waals surface area contributed by atoms with Gasteiger partial charge in [-0.15, -0.1) is 0 Å². The fourth-order valence-electron chi connectivity index (χ4n) is 1.97. The molecule has 19 heavy (non-hydrogen) atoms. The van der Waals surface area contributed by atoms with Gasteiger partial charge in [-0.2, -0.15) is 0 Å². The van der Waals surface area contributed by atoms with Gasteiger partial charge in [0.05, 0.1) is 6.42 Å². The van der Waals surface area contributed by atoms with Crippen LogP contribution in [0, 0.1) is 0 Å². The van der Waals surface area contributed by atoms with Crippen molar-refractivity contribution < 1.29 is 19.4 Å². The van der Waals surface area contributed by atoms with E-state index < -0.39 is 12.1 Å². The molecule has 1 amide bonds. The van der Waals surface area contributed by atoms with Crippen LogP contribution in [0.25, 0.3) is 0 Å². The average molecular weight is 284 g/mol. The Labute approximate surface area is 115 Å². The third-order valence-electron chi connectivity index (χ3n) is 3.01. The van der Waals surface area contributed by atoms with Crippen LogP contribution in [-0.4, -0.2) is 41.6 Å². The molecule has 1 heterocycles. The van der Waals surface area contributed by atoms with Crippen LogP contribution in [0.4, 0.5) is 0 Å². The van der Waals surface area contributed by atoms with Crippen molar-refractivity contribution in [3.63, 3.8) is 0 Å². The topological polar surface area (TPSA) is 66.8 Å². The van der Waals surface area contributed by atoms with Crippen molar-refractivity contribution in [2.45, 2.75) is 18.9 Å². The van der Waals surface area contributed by atoms with Gasteiger partial charge in [-0.3, -0.25) is 9.59 Å². The van der Waals surface area contributed by atoms with Gasteiger partial charge in [0.25, 0.3) is 5.91 Å². The maximum atomic E-state index is 12.1. The Kier molecular flexibility index (Phi) is 3.95. The second-order valence-electron chi connectivity index (χ2n) is 4.47. The summed E-state index contributed by atoms with van der Waals surface area (Å²) in [5.41, 5.74) is 0.900. The van der Waals surface area contributed by atoms with Gasteiger partial charge in [0, 0.05) is 25.0 Å². The molecular formula is C13H14ClNO4. The summed E-state index contributed by atoms with van der Waals surface area (Å²) in [6.07, 6.45) is -0.202. The molecule has 1 aromatic carbocycles. The normalized spacial score (nSPS) is 16.6. The SMILES string of the molecule is CN(CCC(=O)O)C(=O)C1Cc2cc(Cl)ccc2O1. The minimum atomic E-state index is -0.929. The predicted octanol–water partition coefficient (Wildman–Crippen LogP) is 1.58. The molecule has 0 aromatic heterocycles. The summed E-state index contributed by atoms with van der Waals surface area (Å²) in [5, 5.41) is 9.20. The number of likely N-dealkylation sites (N-methyl/N-ethyl adjacent to an activating group) is 1. The molecule has 1 aliphatic heterocycles. The van der Waals surface area contributed by atoms with Crippen molar-refractivity contribution in [1.82, 2.24) is 4.90 Å². The number of nitrogens with zero attached hydrogens (tertiary/aromatic N) is 1. The zero-order chi connectivity index (χ0) is 14.0. The second kappa shape index (κ2) is 5.48. The Morgan fingerprint density at radius 2 is 2.26 bits per heavy atom. The highest BCUT2D eigenvalue weighted by Crippen LogP contribution is 2.31. The zero-order valence-corrected chi connectivity index (χ0v) is 11.2. The first kappa shape index (κ1) is 13.7. The number of aliphatic carboxylic acids is 1. The van der Waals surface area contributed by atoms with E-state index in [0.29, 0.717) is 17.2 Å². The Balaban J connectivity index is 1.98. The van der Waals surface area contributed by atoms with Crippen LogP contribution in [0.3, 0.4) is 0 Å². The third-order valence-corrected chi connectivity index (χ3v) is 3.24. The molecule has 0 aliphatic carbocycles. The van der Waals surface area contributed by atoms with Crippen LogP contribution in [0.15, 0.2) is 18.2 Å². The molecule has 1 N–H and O–H groups in total. The lowest BCUT2D eigenvalue weighted by atomic mass is 10.1. The Morgan fingerprint density at radius 3 is 2.95 bits per heavy atom. The van der Waals surface area contributed by atoms with Crippen molar-refractivity contribution in [1.29, 1.82) is 0 Å². The Bertz CT molecular complexity index is 517. The smallest absolute Gasteiger partial charge is 0.305 e. The molecular weight excluding hydrogens is 270 g/mol. The van der Waals surface area contributed by atoms with E-state index in [0.717, 1.165) is 5.56 Å². The van der Waals surface area contributed by atoms with E-state index in [9.17, 15) is 9.59 Å². The molecule has 2 rings (SSSR count). The molecule has 1 aliphatic rings. The fraction of sp³-hybridized carbons (Fsp3) is 0.385. The highest BCUT2D eigenvalue weighted by Gasteiger charge is 2.31. The number of hydrogen-bond donors (Lipinski definition) is 1. The highest BCUT2D eigenvalue weighted by atomic mass is 35.5. The zero-order valence-electron chi connectivity index (χ0n) is 10.4. The van der Waals surface area contributed by atoms with E-state index in [-0.39, 0.29) is 18.9 Å². The van der Waals surface area contributed by atoms with Crippen LogP contribution >= 0.6 is 11.6 Å². The standard InChI is InChI=1S/C13H14ClNO4/c1-15(5-4-12(16)17)13(18)11-7-8-6-9(14)2-3-10(8)19-11/h2-3,6,11H,4-5,7H2,1H3,(H,16,17). The van der Waals surface area contributed by atoms with E-state index in [4.69, 9.17) is 21.4 Å². The van der Waals surface area contributed by atoms with E-state index in [1.165, 1.54) is 4.90 Å². The van der Waals surface area contributed by atoms with Crippen LogP contribution < -0.4 is 4.74 Å². The number of carboxylic acids is 1. The Morgan fingerprint density at radius 1 is 1.53 bits per heavy atom. The summed E-state index contributed by atoms with van der Waals surface area (Å²) < 4.78 is 5.55. The minimum Gasteiger partial charge on any atom is -0.481 e. The molecule has 0 spiro atoms. The number of ether oxygens (including phenoxy) is 1. The predicted molar refractivity (Wildman–Crippen MR) is 69.5 cm³/mol. The van der Waals surface area contributed by atoms with Crippen LogP contribution in [-0.2, 0) is 16.0 Å². The summed E-state index contributed by atoms with van der Waals surface area (Å²) in [6.45, 7) is 0.172. The number of hydrogen-bond acceptors (Lipinski definition) is 3. The lowest BCUT2D eigenvalue weighted by Crippen LogP contribution is -2.39. The molecule has 0 bridgehead atoms. The lowest BCUT2D eigenvalue weighted by molar-refractivity contribution is -0.140. The number of rotatable bonds is 4. The van der Waals surface area contributed by atoms with Gasteiger partial charge in [-0.1, -0.05) is 11.6 Å². The summed E-state index contributed by atoms with van der Waals surface area (Å²) in [4.78, 5) is 23.9. The first-order chi connectivity index (χ1) is 8.97. The summed E-state index contributed by atoms with van der Waals surface area (Å²) in [7, 11) is 1.57. The summed E-state index contributed by atoms with van der Waals surface area (Å²) in [6, 6.07) is 5.23. The lowest BCUT2D eigenvalue weighted by Gasteiger charge is -2.19. The third kappa shape index (κ3) is 3.17. The Hall–Kier alpha value is -1.75. The molecule has 0 fully saturated rings. The van der Waals surface area contributed by atoms with Crippen LogP contribution in [0.2, 0.25) is 5.02 Å². The molecule has 0 radical (unpaired) electrons. The van der Waals surface area contributed by atoms with Crippen molar-refractivity contribution >= 4 is 23.5 Å². The highest BCUT2D eigenvalue weighted by molar-refractivity contribution is 6.30. The molecule has 1 aromatic rings. The number of amides is 1. The first-order valence-corrected chi connectivity index (χ1v) is 6.27. The molecule has 6 heteroatoms. The van der Waals surface area contributed by atoms with Gasteiger partial charge in [-0.25, -0.2) is 0 Å². The molecule has 1 unspecified atom stereocenters. The largest absolute Gasteiger partial charge is 0.481 e. The maximum Gasteiger partial charge on any atom is 0.305 e. The molecule has 0 saturated heterocycles. The number of carboxylic acid groups (broad SMARTS) is 1. The molecule has 0 saturated carbocycles. The van der Waals surface area contributed by atoms with Crippen LogP contribution in [0.5, 0.6) is 5.75 Å². The monoisotopic (exact) mass is 283 g/mol. The van der Waals surface area contributed by atoms with E-state index >= 15 is 0 Å². The van der Waals surface area contributed by atoms with Crippen molar-refractivity contribution in [2.75, 3.05) is 13.6 Å². The fourth-order valence-corrected chi connectivity index (χ4v) is 2.17. The number of fused-ring (bicyclic) bond motifs is 1. The molecule has 102 valence electrons.